The largest absolute Gasteiger partial charge is 0.496 e. The third kappa shape index (κ3) is 4.20. The van der Waals surface area contributed by atoms with E-state index in [1.807, 2.05) is 18.2 Å². The summed E-state index contributed by atoms with van der Waals surface area (Å²) in [4.78, 5) is 0. The molecule has 4 heteroatoms. The van der Waals surface area contributed by atoms with E-state index in [2.05, 4.69) is 15.9 Å². The summed E-state index contributed by atoms with van der Waals surface area (Å²) in [5.74, 6) is 0.735. The van der Waals surface area contributed by atoms with Crippen LogP contribution in [0.4, 0.5) is 0 Å². The molecule has 1 saturated heterocycles. The number of benzene rings is 1. The summed E-state index contributed by atoms with van der Waals surface area (Å²) >= 11 is 3.41. The third-order valence-electron chi connectivity index (χ3n) is 3.58. The number of rotatable bonds is 6. The molecule has 2 rings (SSSR count). The van der Waals surface area contributed by atoms with Gasteiger partial charge in [-0.05, 0) is 44.2 Å². The van der Waals surface area contributed by atoms with Gasteiger partial charge in [0.1, 0.15) is 5.75 Å². The SMILES string of the molecule is COc1cc(Br)ccc1C(O)CCCC1CCCO1. The Balaban J connectivity index is 1.86. The van der Waals surface area contributed by atoms with Gasteiger partial charge in [-0.3, -0.25) is 0 Å². The fraction of sp³-hybridized carbons (Fsp3) is 0.600. The van der Waals surface area contributed by atoms with E-state index in [0.29, 0.717) is 6.10 Å². The summed E-state index contributed by atoms with van der Waals surface area (Å²) in [6.07, 6.45) is 5.04. The molecular formula is C15H21BrO3. The number of hydrogen-bond acceptors (Lipinski definition) is 3. The van der Waals surface area contributed by atoms with Gasteiger partial charge < -0.3 is 14.6 Å². The topological polar surface area (TPSA) is 38.7 Å². The Morgan fingerprint density at radius 1 is 1.53 bits per heavy atom. The number of hydrogen-bond donors (Lipinski definition) is 1. The predicted octanol–water partition coefficient (Wildman–Crippen LogP) is 3.84. The molecule has 1 fully saturated rings. The molecule has 0 amide bonds. The van der Waals surface area contributed by atoms with Gasteiger partial charge in [0.05, 0.1) is 19.3 Å². The molecule has 3 nitrogen and oxygen atoms in total. The zero-order valence-electron chi connectivity index (χ0n) is 11.3. The molecule has 0 saturated carbocycles. The van der Waals surface area contributed by atoms with Crippen molar-refractivity contribution in [3.05, 3.63) is 28.2 Å². The fourth-order valence-corrected chi connectivity index (χ4v) is 2.87. The van der Waals surface area contributed by atoms with Crippen LogP contribution in [0.2, 0.25) is 0 Å². The molecule has 0 spiro atoms. The fourth-order valence-electron chi connectivity index (χ4n) is 2.53. The molecule has 1 aliphatic rings. The Kier molecular flexibility index (Phi) is 5.67. The van der Waals surface area contributed by atoms with Crippen molar-refractivity contribution in [2.75, 3.05) is 13.7 Å². The quantitative estimate of drug-likeness (QED) is 0.862. The van der Waals surface area contributed by atoms with Gasteiger partial charge in [0, 0.05) is 16.6 Å². The van der Waals surface area contributed by atoms with Crippen LogP contribution in [-0.4, -0.2) is 24.9 Å². The Hall–Kier alpha value is -0.580. The summed E-state index contributed by atoms with van der Waals surface area (Å²) in [7, 11) is 1.63. The zero-order valence-corrected chi connectivity index (χ0v) is 12.9. The van der Waals surface area contributed by atoms with E-state index in [0.717, 1.165) is 48.1 Å². The summed E-state index contributed by atoms with van der Waals surface area (Å²) < 4.78 is 11.9. The summed E-state index contributed by atoms with van der Waals surface area (Å²) in [5.41, 5.74) is 0.859. The van der Waals surface area contributed by atoms with E-state index in [1.54, 1.807) is 7.11 Å². The number of aliphatic hydroxyl groups is 1. The smallest absolute Gasteiger partial charge is 0.125 e. The lowest BCUT2D eigenvalue weighted by atomic mass is 10.0. The Morgan fingerprint density at radius 3 is 3.05 bits per heavy atom. The average Bonchev–Trinajstić information content (AvgIpc) is 2.91. The predicted molar refractivity (Wildman–Crippen MR) is 78.5 cm³/mol. The number of ether oxygens (including phenoxy) is 2. The lowest BCUT2D eigenvalue weighted by Crippen LogP contribution is -2.06. The molecule has 1 aliphatic heterocycles. The van der Waals surface area contributed by atoms with E-state index >= 15 is 0 Å². The molecule has 2 unspecified atom stereocenters. The molecule has 19 heavy (non-hydrogen) atoms. The molecule has 1 aromatic carbocycles. The highest BCUT2D eigenvalue weighted by molar-refractivity contribution is 9.10. The Labute approximate surface area is 123 Å². The maximum Gasteiger partial charge on any atom is 0.125 e. The minimum Gasteiger partial charge on any atom is -0.496 e. The highest BCUT2D eigenvalue weighted by Gasteiger charge is 2.17. The van der Waals surface area contributed by atoms with Gasteiger partial charge in [-0.25, -0.2) is 0 Å². The molecule has 1 N–H and O–H groups in total. The standard InChI is InChI=1S/C15H21BrO3/c1-18-15-10-11(16)7-8-13(15)14(17)6-2-4-12-5-3-9-19-12/h7-8,10,12,14,17H,2-6,9H2,1H3. The monoisotopic (exact) mass is 328 g/mol. The summed E-state index contributed by atoms with van der Waals surface area (Å²) in [6.45, 7) is 0.897. The van der Waals surface area contributed by atoms with Crippen LogP contribution in [0.1, 0.15) is 43.8 Å². The second kappa shape index (κ2) is 7.27. The van der Waals surface area contributed by atoms with Gasteiger partial charge in [-0.15, -0.1) is 0 Å². The second-order valence-corrected chi connectivity index (χ2v) is 5.88. The number of aliphatic hydroxyl groups excluding tert-OH is 1. The molecule has 2 atom stereocenters. The molecule has 0 bridgehead atoms. The third-order valence-corrected chi connectivity index (χ3v) is 4.08. The molecule has 106 valence electrons. The van der Waals surface area contributed by atoms with Crippen LogP contribution in [0.25, 0.3) is 0 Å². The second-order valence-electron chi connectivity index (χ2n) is 4.97. The van der Waals surface area contributed by atoms with Crippen LogP contribution in [0.15, 0.2) is 22.7 Å². The minimum absolute atomic E-state index is 0.402. The van der Waals surface area contributed by atoms with Crippen molar-refractivity contribution in [1.29, 1.82) is 0 Å². The molecule has 0 aromatic heterocycles. The molecule has 1 aromatic rings. The van der Waals surface area contributed by atoms with Crippen molar-refractivity contribution in [2.45, 2.75) is 44.3 Å². The van der Waals surface area contributed by atoms with E-state index < -0.39 is 6.10 Å². The minimum atomic E-state index is -0.468. The van der Waals surface area contributed by atoms with Crippen LogP contribution < -0.4 is 4.74 Å². The average molecular weight is 329 g/mol. The van der Waals surface area contributed by atoms with Gasteiger partial charge in [0.15, 0.2) is 0 Å². The molecule has 0 radical (unpaired) electrons. The Bertz CT molecular complexity index is 402. The summed E-state index contributed by atoms with van der Waals surface area (Å²) in [5, 5.41) is 10.3. The van der Waals surface area contributed by atoms with E-state index in [-0.39, 0.29) is 0 Å². The maximum atomic E-state index is 10.3. The van der Waals surface area contributed by atoms with Gasteiger partial charge in [-0.2, -0.15) is 0 Å². The van der Waals surface area contributed by atoms with Crippen molar-refractivity contribution < 1.29 is 14.6 Å². The first-order valence-corrected chi connectivity index (χ1v) is 7.63. The van der Waals surface area contributed by atoms with Crippen molar-refractivity contribution in [3.63, 3.8) is 0 Å². The van der Waals surface area contributed by atoms with Crippen molar-refractivity contribution in [3.8, 4) is 5.75 Å². The van der Waals surface area contributed by atoms with E-state index in [9.17, 15) is 5.11 Å². The summed E-state index contributed by atoms with van der Waals surface area (Å²) in [6, 6.07) is 5.74. The maximum absolute atomic E-state index is 10.3. The van der Waals surface area contributed by atoms with Crippen LogP contribution in [-0.2, 0) is 4.74 Å². The van der Waals surface area contributed by atoms with Crippen LogP contribution >= 0.6 is 15.9 Å². The van der Waals surface area contributed by atoms with Gasteiger partial charge >= 0.3 is 0 Å². The Morgan fingerprint density at radius 2 is 2.37 bits per heavy atom. The van der Waals surface area contributed by atoms with Crippen molar-refractivity contribution in [2.24, 2.45) is 0 Å². The van der Waals surface area contributed by atoms with Gasteiger partial charge in [0.2, 0.25) is 0 Å². The first-order chi connectivity index (χ1) is 9.20. The zero-order chi connectivity index (χ0) is 13.7. The lowest BCUT2D eigenvalue weighted by molar-refractivity contribution is 0.0941. The van der Waals surface area contributed by atoms with Gasteiger partial charge in [-0.1, -0.05) is 22.0 Å². The molecular weight excluding hydrogens is 308 g/mol. The number of methoxy groups -OCH3 is 1. The van der Waals surface area contributed by atoms with Crippen molar-refractivity contribution in [1.82, 2.24) is 0 Å². The number of halogens is 1. The van der Waals surface area contributed by atoms with E-state index in [4.69, 9.17) is 9.47 Å². The van der Waals surface area contributed by atoms with Gasteiger partial charge in [0.25, 0.3) is 0 Å². The van der Waals surface area contributed by atoms with Crippen LogP contribution in [0.3, 0.4) is 0 Å². The highest BCUT2D eigenvalue weighted by atomic mass is 79.9. The highest BCUT2D eigenvalue weighted by Crippen LogP contribution is 2.31. The first kappa shape index (κ1) is 14.8. The normalized spacial score (nSPS) is 20.5. The van der Waals surface area contributed by atoms with Crippen LogP contribution in [0, 0.1) is 0 Å². The lowest BCUT2D eigenvalue weighted by Gasteiger charge is -2.16. The molecule has 1 heterocycles. The van der Waals surface area contributed by atoms with Crippen molar-refractivity contribution >= 4 is 15.9 Å². The molecule has 0 aliphatic carbocycles. The first-order valence-electron chi connectivity index (χ1n) is 6.84. The van der Waals surface area contributed by atoms with Crippen LogP contribution in [0.5, 0.6) is 5.75 Å². The van der Waals surface area contributed by atoms with E-state index in [1.165, 1.54) is 6.42 Å².